The highest BCUT2D eigenvalue weighted by Crippen LogP contribution is 2.32. The first-order valence-corrected chi connectivity index (χ1v) is 7.20. The second-order valence-corrected chi connectivity index (χ2v) is 6.32. The molecule has 2 unspecified atom stereocenters. The van der Waals surface area contributed by atoms with E-state index < -0.39 is 0 Å². The molecule has 0 saturated heterocycles. The Hall–Kier alpha value is -0.340. The smallest absolute Gasteiger partial charge is 0.140 e. The molecule has 1 saturated carbocycles. The van der Waals surface area contributed by atoms with Crippen LogP contribution in [-0.2, 0) is 11.2 Å². The van der Waals surface area contributed by atoms with Gasteiger partial charge >= 0.3 is 0 Å². The van der Waals surface area contributed by atoms with Crippen LogP contribution < -0.4 is 0 Å². The Bertz CT molecular complexity index is 430. The molecule has 92 valence electrons. The summed E-state index contributed by atoms with van der Waals surface area (Å²) in [6, 6.07) is 5.72. The third kappa shape index (κ3) is 3.32. The van der Waals surface area contributed by atoms with Gasteiger partial charge in [-0.15, -0.1) is 0 Å². The Kier molecular flexibility index (Phi) is 4.26. The third-order valence-corrected chi connectivity index (χ3v) is 4.38. The van der Waals surface area contributed by atoms with E-state index in [0.717, 1.165) is 22.9 Å². The van der Waals surface area contributed by atoms with Crippen molar-refractivity contribution in [3.05, 3.63) is 33.3 Å². The van der Waals surface area contributed by atoms with Crippen LogP contribution in [0.25, 0.3) is 0 Å². The van der Waals surface area contributed by atoms with Gasteiger partial charge in [-0.05, 0) is 42.9 Å². The Balaban J connectivity index is 2.03. The lowest BCUT2D eigenvalue weighted by Gasteiger charge is -2.09. The van der Waals surface area contributed by atoms with E-state index in [0.29, 0.717) is 23.1 Å². The van der Waals surface area contributed by atoms with E-state index in [9.17, 15) is 4.79 Å². The number of benzene rings is 1. The van der Waals surface area contributed by atoms with Crippen LogP contribution in [0.4, 0.5) is 0 Å². The molecular weight excluding hydrogens is 300 g/mol. The second-order valence-electron chi connectivity index (χ2n) is 4.99. The summed E-state index contributed by atoms with van der Waals surface area (Å²) in [4.78, 5) is 12.1. The van der Waals surface area contributed by atoms with Gasteiger partial charge in [-0.2, -0.15) is 0 Å². The monoisotopic (exact) mass is 314 g/mol. The molecule has 2 atom stereocenters. The standard InChI is InChI=1S/C14H16BrClO/c1-9-2-3-11(6-9)14(17)7-10-4-5-12(15)8-13(10)16/h4-5,8-9,11H,2-3,6-7H2,1H3. The maximum atomic E-state index is 12.1. The van der Waals surface area contributed by atoms with Crippen LogP contribution in [0, 0.1) is 11.8 Å². The predicted molar refractivity (Wildman–Crippen MR) is 74.4 cm³/mol. The number of rotatable bonds is 3. The highest BCUT2D eigenvalue weighted by atomic mass is 79.9. The molecule has 1 nitrogen and oxygen atoms in total. The Labute approximate surface area is 116 Å². The summed E-state index contributed by atoms with van der Waals surface area (Å²) >= 11 is 9.49. The normalized spacial score (nSPS) is 23.9. The van der Waals surface area contributed by atoms with Crippen molar-refractivity contribution in [3.8, 4) is 0 Å². The zero-order chi connectivity index (χ0) is 12.4. The topological polar surface area (TPSA) is 17.1 Å². The fourth-order valence-corrected chi connectivity index (χ4v) is 3.24. The number of carbonyl (C=O) groups excluding carboxylic acids is 1. The maximum absolute atomic E-state index is 12.1. The molecule has 1 aliphatic carbocycles. The average Bonchev–Trinajstić information content (AvgIpc) is 2.69. The van der Waals surface area contributed by atoms with Gasteiger partial charge in [0.15, 0.2) is 0 Å². The predicted octanol–water partition coefficient (Wildman–Crippen LogP) is 4.65. The maximum Gasteiger partial charge on any atom is 0.140 e. The molecule has 0 spiro atoms. The molecule has 2 rings (SSSR count). The summed E-state index contributed by atoms with van der Waals surface area (Å²) in [5.74, 6) is 1.30. The average molecular weight is 316 g/mol. The van der Waals surface area contributed by atoms with Crippen LogP contribution in [0.1, 0.15) is 31.7 Å². The van der Waals surface area contributed by atoms with Crippen molar-refractivity contribution >= 4 is 33.3 Å². The van der Waals surface area contributed by atoms with Crippen LogP contribution in [0.5, 0.6) is 0 Å². The summed E-state index contributed by atoms with van der Waals surface area (Å²) in [5, 5.41) is 0.679. The Morgan fingerprint density at radius 2 is 2.24 bits per heavy atom. The number of hydrogen-bond acceptors (Lipinski definition) is 1. The molecule has 17 heavy (non-hydrogen) atoms. The molecular formula is C14H16BrClO. The van der Waals surface area contributed by atoms with E-state index in [1.807, 2.05) is 18.2 Å². The zero-order valence-corrected chi connectivity index (χ0v) is 12.2. The highest BCUT2D eigenvalue weighted by Gasteiger charge is 2.27. The molecule has 1 fully saturated rings. The highest BCUT2D eigenvalue weighted by molar-refractivity contribution is 9.10. The molecule has 0 bridgehead atoms. The van der Waals surface area contributed by atoms with Crippen molar-refractivity contribution in [1.29, 1.82) is 0 Å². The van der Waals surface area contributed by atoms with Gasteiger partial charge in [-0.1, -0.05) is 40.5 Å². The first-order chi connectivity index (χ1) is 8.06. The van der Waals surface area contributed by atoms with Gasteiger partial charge in [-0.3, -0.25) is 4.79 Å². The zero-order valence-electron chi connectivity index (χ0n) is 9.88. The largest absolute Gasteiger partial charge is 0.299 e. The van der Waals surface area contributed by atoms with Gasteiger partial charge in [0, 0.05) is 21.8 Å². The van der Waals surface area contributed by atoms with Crippen molar-refractivity contribution in [1.82, 2.24) is 0 Å². The van der Waals surface area contributed by atoms with Gasteiger partial charge < -0.3 is 0 Å². The van der Waals surface area contributed by atoms with Crippen molar-refractivity contribution in [2.24, 2.45) is 11.8 Å². The minimum absolute atomic E-state index is 0.254. The van der Waals surface area contributed by atoms with Gasteiger partial charge in [0.1, 0.15) is 5.78 Å². The van der Waals surface area contributed by atoms with Crippen LogP contribution in [-0.4, -0.2) is 5.78 Å². The molecule has 0 heterocycles. The van der Waals surface area contributed by atoms with Crippen molar-refractivity contribution in [2.75, 3.05) is 0 Å². The summed E-state index contributed by atoms with van der Waals surface area (Å²) in [5.41, 5.74) is 0.944. The van der Waals surface area contributed by atoms with E-state index >= 15 is 0 Å². The van der Waals surface area contributed by atoms with Crippen LogP contribution in [0.15, 0.2) is 22.7 Å². The lowest BCUT2D eigenvalue weighted by Crippen LogP contribution is -2.14. The van der Waals surface area contributed by atoms with Gasteiger partial charge in [0.2, 0.25) is 0 Å². The number of ketones is 1. The van der Waals surface area contributed by atoms with E-state index in [1.165, 1.54) is 6.42 Å². The van der Waals surface area contributed by atoms with E-state index in [1.54, 1.807) is 0 Å². The van der Waals surface area contributed by atoms with E-state index in [2.05, 4.69) is 22.9 Å². The first kappa shape index (κ1) is 13.1. The Morgan fingerprint density at radius 3 is 2.82 bits per heavy atom. The molecule has 0 N–H and O–H groups in total. The van der Waals surface area contributed by atoms with Crippen LogP contribution >= 0.6 is 27.5 Å². The number of hydrogen-bond donors (Lipinski definition) is 0. The van der Waals surface area contributed by atoms with Gasteiger partial charge in [0.05, 0.1) is 0 Å². The minimum atomic E-state index is 0.254. The van der Waals surface area contributed by atoms with Crippen LogP contribution in [0.2, 0.25) is 5.02 Å². The van der Waals surface area contributed by atoms with Crippen molar-refractivity contribution < 1.29 is 4.79 Å². The summed E-state index contributed by atoms with van der Waals surface area (Å²) in [7, 11) is 0. The number of halogens is 2. The van der Waals surface area contributed by atoms with Gasteiger partial charge in [0.25, 0.3) is 0 Å². The lowest BCUT2D eigenvalue weighted by molar-refractivity contribution is -0.122. The summed E-state index contributed by atoms with van der Waals surface area (Å²) in [6.45, 7) is 2.22. The molecule has 1 aliphatic rings. The molecule has 0 aromatic heterocycles. The lowest BCUT2D eigenvalue weighted by atomic mass is 9.96. The summed E-state index contributed by atoms with van der Waals surface area (Å²) < 4.78 is 0.952. The molecule has 0 amide bonds. The second kappa shape index (κ2) is 5.53. The minimum Gasteiger partial charge on any atom is -0.299 e. The van der Waals surface area contributed by atoms with Crippen molar-refractivity contribution in [3.63, 3.8) is 0 Å². The molecule has 1 aromatic carbocycles. The molecule has 0 aliphatic heterocycles. The SMILES string of the molecule is CC1CCC(C(=O)Cc2ccc(Br)cc2Cl)C1. The van der Waals surface area contributed by atoms with E-state index in [-0.39, 0.29) is 5.92 Å². The quantitative estimate of drug-likeness (QED) is 0.793. The van der Waals surface area contributed by atoms with Crippen LogP contribution in [0.3, 0.4) is 0 Å². The van der Waals surface area contributed by atoms with Gasteiger partial charge in [-0.25, -0.2) is 0 Å². The first-order valence-electron chi connectivity index (χ1n) is 6.03. The molecule has 0 radical (unpaired) electrons. The molecule has 1 aromatic rings. The third-order valence-electron chi connectivity index (χ3n) is 3.53. The molecule has 3 heteroatoms. The van der Waals surface area contributed by atoms with Crippen molar-refractivity contribution in [2.45, 2.75) is 32.6 Å². The fraction of sp³-hybridized carbons (Fsp3) is 0.500. The number of Topliss-reactive ketones (excluding diaryl/α,β-unsaturated/α-hetero) is 1. The summed E-state index contributed by atoms with van der Waals surface area (Å²) in [6.07, 6.45) is 3.76. The Morgan fingerprint density at radius 1 is 1.47 bits per heavy atom. The van der Waals surface area contributed by atoms with E-state index in [4.69, 9.17) is 11.6 Å². The fourth-order valence-electron chi connectivity index (χ4n) is 2.50. The number of carbonyl (C=O) groups is 1.